The SMILES string of the molecule is O=C(/C=C/c1cccc(F)c1)c1ccc(S(=O)(=O)N2CCCCC2)cc1. The van der Waals surface area contributed by atoms with E-state index in [0.29, 0.717) is 24.2 Å². The smallest absolute Gasteiger partial charge is 0.243 e. The lowest BCUT2D eigenvalue weighted by atomic mass is 10.1. The van der Waals surface area contributed by atoms with Gasteiger partial charge in [-0.3, -0.25) is 4.79 Å². The van der Waals surface area contributed by atoms with E-state index < -0.39 is 10.0 Å². The van der Waals surface area contributed by atoms with E-state index in [1.807, 2.05) is 0 Å². The predicted octanol–water partition coefficient (Wildman–Crippen LogP) is 3.90. The number of sulfonamides is 1. The molecule has 0 N–H and O–H groups in total. The lowest BCUT2D eigenvalue weighted by molar-refractivity contribution is 0.104. The molecule has 0 aliphatic carbocycles. The third-order valence-electron chi connectivity index (χ3n) is 4.37. The standard InChI is InChI=1S/C20H20FNO3S/c21-18-6-4-5-16(15-18)7-12-20(23)17-8-10-19(11-9-17)26(24,25)22-13-2-1-3-14-22/h4-12,15H,1-3,13-14H2/b12-7+. The van der Waals surface area contributed by atoms with E-state index in [1.54, 1.807) is 12.1 Å². The molecule has 0 unspecified atom stereocenters. The van der Waals surface area contributed by atoms with E-state index in [1.165, 1.54) is 52.9 Å². The lowest BCUT2D eigenvalue weighted by Crippen LogP contribution is -2.35. The van der Waals surface area contributed by atoms with Crippen LogP contribution >= 0.6 is 0 Å². The van der Waals surface area contributed by atoms with Gasteiger partial charge in [0.2, 0.25) is 10.0 Å². The number of rotatable bonds is 5. The summed E-state index contributed by atoms with van der Waals surface area (Å²) in [4.78, 5) is 12.4. The second-order valence-corrected chi connectivity index (χ2v) is 8.18. The molecule has 136 valence electrons. The fourth-order valence-corrected chi connectivity index (χ4v) is 4.44. The molecule has 6 heteroatoms. The van der Waals surface area contributed by atoms with Crippen LogP contribution in [0.3, 0.4) is 0 Å². The largest absolute Gasteiger partial charge is 0.289 e. The summed E-state index contributed by atoms with van der Waals surface area (Å²) in [5.41, 5.74) is 0.970. The maximum Gasteiger partial charge on any atom is 0.243 e. The second kappa shape index (κ2) is 7.93. The minimum Gasteiger partial charge on any atom is -0.289 e. The van der Waals surface area contributed by atoms with Gasteiger partial charge in [-0.1, -0.05) is 24.6 Å². The van der Waals surface area contributed by atoms with Crippen LogP contribution in [0.25, 0.3) is 6.08 Å². The number of nitrogens with zero attached hydrogens (tertiary/aromatic N) is 1. The summed E-state index contributed by atoms with van der Waals surface area (Å²) in [6.45, 7) is 1.08. The molecule has 0 bridgehead atoms. The van der Waals surface area contributed by atoms with Crippen molar-refractivity contribution in [2.45, 2.75) is 24.2 Å². The number of carbonyl (C=O) groups is 1. The van der Waals surface area contributed by atoms with Crippen LogP contribution < -0.4 is 0 Å². The van der Waals surface area contributed by atoms with Crippen LogP contribution in [-0.4, -0.2) is 31.6 Å². The van der Waals surface area contributed by atoms with Gasteiger partial charge in [0.05, 0.1) is 4.90 Å². The van der Waals surface area contributed by atoms with Crippen LogP contribution in [0, 0.1) is 5.82 Å². The fraction of sp³-hybridized carbons (Fsp3) is 0.250. The average molecular weight is 373 g/mol. The summed E-state index contributed by atoms with van der Waals surface area (Å²) >= 11 is 0. The highest BCUT2D eigenvalue weighted by molar-refractivity contribution is 7.89. The van der Waals surface area contributed by atoms with Gasteiger partial charge in [-0.15, -0.1) is 0 Å². The number of carbonyl (C=O) groups excluding carboxylic acids is 1. The molecule has 0 aromatic heterocycles. The van der Waals surface area contributed by atoms with Crippen molar-refractivity contribution in [1.82, 2.24) is 4.31 Å². The minimum atomic E-state index is -3.50. The van der Waals surface area contributed by atoms with Gasteiger partial charge in [-0.05, 0) is 60.9 Å². The highest BCUT2D eigenvalue weighted by atomic mass is 32.2. The molecule has 0 atom stereocenters. The number of hydrogen-bond acceptors (Lipinski definition) is 3. The zero-order chi connectivity index (χ0) is 18.6. The van der Waals surface area contributed by atoms with Crippen molar-refractivity contribution in [3.05, 3.63) is 71.6 Å². The van der Waals surface area contributed by atoms with Crippen molar-refractivity contribution in [2.24, 2.45) is 0 Å². The third-order valence-corrected chi connectivity index (χ3v) is 6.28. The molecule has 1 saturated heterocycles. The molecule has 0 radical (unpaired) electrons. The monoisotopic (exact) mass is 373 g/mol. The van der Waals surface area contributed by atoms with E-state index >= 15 is 0 Å². The molecule has 1 heterocycles. The predicted molar refractivity (Wildman–Crippen MR) is 98.8 cm³/mol. The topological polar surface area (TPSA) is 54.5 Å². The van der Waals surface area contributed by atoms with Crippen molar-refractivity contribution in [3.8, 4) is 0 Å². The van der Waals surface area contributed by atoms with Crippen LogP contribution in [0.15, 0.2) is 59.5 Å². The number of ketones is 1. The molecular weight excluding hydrogens is 353 g/mol. The molecule has 1 aliphatic rings. The first-order valence-corrected chi connectivity index (χ1v) is 9.99. The van der Waals surface area contributed by atoms with E-state index in [-0.39, 0.29) is 16.5 Å². The van der Waals surface area contributed by atoms with Crippen LogP contribution in [-0.2, 0) is 10.0 Å². The molecule has 0 amide bonds. The molecule has 2 aromatic rings. The number of benzene rings is 2. The molecule has 1 aliphatic heterocycles. The Hall–Kier alpha value is -2.31. The molecule has 3 rings (SSSR count). The highest BCUT2D eigenvalue weighted by Crippen LogP contribution is 2.21. The van der Waals surface area contributed by atoms with Crippen molar-refractivity contribution in [1.29, 1.82) is 0 Å². The Bertz CT molecular complexity index is 914. The summed E-state index contributed by atoms with van der Waals surface area (Å²) in [5, 5.41) is 0. The first-order chi connectivity index (χ1) is 12.5. The van der Waals surface area contributed by atoms with Crippen LogP contribution in [0.5, 0.6) is 0 Å². The summed E-state index contributed by atoms with van der Waals surface area (Å²) in [5.74, 6) is -0.636. The normalized spacial score (nSPS) is 16.0. The molecule has 0 saturated carbocycles. The van der Waals surface area contributed by atoms with Crippen molar-refractivity contribution in [3.63, 3.8) is 0 Å². The molecule has 1 fully saturated rings. The van der Waals surface area contributed by atoms with E-state index in [2.05, 4.69) is 0 Å². The summed E-state index contributed by atoms with van der Waals surface area (Å²) in [7, 11) is -3.50. The summed E-state index contributed by atoms with van der Waals surface area (Å²) in [6.07, 6.45) is 5.69. The maximum absolute atomic E-state index is 13.1. The van der Waals surface area contributed by atoms with E-state index in [0.717, 1.165) is 19.3 Å². The van der Waals surface area contributed by atoms with Gasteiger partial charge in [-0.25, -0.2) is 12.8 Å². The van der Waals surface area contributed by atoms with Gasteiger partial charge in [0.15, 0.2) is 5.78 Å². The Morgan fingerprint density at radius 3 is 2.35 bits per heavy atom. The number of hydrogen-bond donors (Lipinski definition) is 0. The Morgan fingerprint density at radius 2 is 1.69 bits per heavy atom. The van der Waals surface area contributed by atoms with Crippen LogP contribution in [0.2, 0.25) is 0 Å². The van der Waals surface area contributed by atoms with Gasteiger partial charge in [0, 0.05) is 18.7 Å². The summed E-state index contributed by atoms with van der Waals surface area (Å²) in [6, 6.07) is 11.9. The second-order valence-electron chi connectivity index (χ2n) is 6.24. The highest BCUT2D eigenvalue weighted by Gasteiger charge is 2.25. The molecule has 0 spiro atoms. The Balaban J connectivity index is 1.73. The molecular formula is C20H20FNO3S. The Labute approximate surface area is 153 Å². The van der Waals surface area contributed by atoms with Crippen molar-refractivity contribution < 1.29 is 17.6 Å². The first kappa shape index (κ1) is 18.5. The number of piperidine rings is 1. The van der Waals surface area contributed by atoms with Gasteiger partial charge in [-0.2, -0.15) is 4.31 Å². The molecule has 2 aromatic carbocycles. The Morgan fingerprint density at radius 1 is 1.00 bits per heavy atom. The van der Waals surface area contributed by atoms with E-state index in [4.69, 9.17) is 0 Å². The van der Waals surface area contributed by atoms with Gasteiger partial charge in [0.1, 0.15) is 5.82 Å². The maximum atomic E-state index is 13.1. The van der Waals surface area contributed by atoms with Crippen LogP contribution in [0.1, 0.15) is 35.2 Å². The number of allylic oxidation sites excluding steroid dienone is 1. The van der Waals surface area contributed by atoms with Gasteiger partial charge < -0.3 is 0 Å². The van der Waals surface area contributed by atoms with Crippen LogP contribution in [0.4, 0.5) is 4.39 Å². The fourth-order valence-electron chi connectivity index (χ4n) is 2.92. The first-order valence-electron chi connectivity index (χ1n) is 8.55. The quantitative estimate of drug-likeness (QED) is 0.590. The van der Waals surface area contributed by atoms with E-state index in [9.17, 15) is 17.6 Å². The Kier molecular flexibility index (Phi) is 5.64. The van der Waals surface area contributed by atoms with Gasteiger partial charge >= 0.3 is 0 Å². The molecule has 4 nitrogen and oxygen atoms in total. The third kappa shape index (κ3) is 4.26. The van der Waals surface area contributed by atoms with Gasteiger partial charge in [0.25, 0.3) is 0 Å². The van der Waals surface area contributed by atoms with Crippen molar-refractivity contribution in [2.75, 3.05) is 13.1 Å². The van der Waals surface area contributed by atoms with Crippen molar-refractivity contribution >= 4 is 21.9 Å². The zero-order valence-electron chi connectivity index (χ0n) is 14.3. The zero-order valence-corrected chi connectivity index (χ0v) is 15.1. The lowest BCUT2D eigenvalue weighted by Gasteiger charge is -2.25. The molecule has 26 heavy (non-hydrogen) atoms. The minimum absolute atomic E-state index is 0.199. The summed E-state index contributed by atoms with van der Waals surface area (Å²) < 4.78 is 39.8. The average Bonchev–Trinajstić information content (AvgIpc) is 2.67. The number of halogens is 1.